The standard InChI is InChI=1S/C12H21N3/c13-15-12(10-4-2-1-3-5-10)11-6-8-14-9-7-11/h10-11,14H,1-9H2. The number of nitrogens with zero attached hydrogens (tertiary/aromatic N) is 2. The summed E-state index contributed by atoms with van der Waals surface area (Å²) in [6.45, 7) is 2.16. The highest BCUT2D eigenvalue weighted by molar-refractivity contribution is 5.84. The first-order valence-corrected chi connectivity index (χ1v) is 6.34. The molecule has 1 saturated carbocycles. The molecule has 15 heavy (non-hydrogen) atoms. The van der Waals surface area contributed by atoms with E-state index in [0.717, 1.165) is 31.6 Å². The zero-order valence-electron chi connectivity index (χ0n) is 9.41. The molecule has 3 heteroatoms. The Morgan fingerprint density at radius 1 is 0.933 bits per heavy atom. The summed E-state index contributed by atoms with van der Waals surface area (Å²) in [6, 6.07) is 0. The highest BCUT2D eigenvalue weighted by atomic mass is 14.9. The topological polar surface area (TPSA) is 48.4 Å². The van der Waals surface area contributed by atoms with Gasteiger partial charge in [0.25, 0.3) is 5.71 Å². The lowest BCUT2D eigenvalue weighted by Gasteiger charge is -2.25. The molecule has 1 saturated heterocycles. The third-order valence-corrected chi connectivity index (χ3v) is 3.90. The predicted octanol–water partition coefficient (Wildman–Crippen LogP) is 2.24. The fourth-order valence-corrected chi connectivity index (χ4v) is 3.01. The molecule has 0 atom stereocenters. The number of rotatable bonds is 2. The lowest BCUT2D eigenvalue weighted by Crippen LogP contribution is -2.35. The van der Waals surface area contributed by atoms with Gasteiger partial charge in [-0.15, -0.1) is 0 Å². The van der Waals surface area contributed by atoms with Crippen molar-refractivity contribution in [1.29, 1.82) is 0 Å². The van der Waals surface area contributed by atoms with Gasteiger partial charge in [0.2, 0.25) is 0 Å². The van der Waals surface area contributed by atoms with Crippen LogP contribution in [-0.2, 0) is 0 Å². The Balaban J connectivity index is 1.99. The van der Waals surface area contributed by atoms with E-state index in [1.165, 1.54) is 32.1 Å². The van der Waals surface area contributed by atoms with Crippen LogP contribution in [0.2, 0.25) is 0 Å². The summed E-state index contributed by atoms with van der Waals surface area (Å²) in [5.41, 5.74) is 10.3. The molecule has 1 heterocycles. The smallest absolute Gasteiger partial charge is 0.275 e. The Bertz CT molecular complexity index is 224. The molecule has 1 aliphatic carbocycles. The average Bonchev–Trinajstić information content (AvgIpc) is 2.33. The van der Waals surface area contributed by atoms with Crippen molar-refractivity contribution in [1.82, 2.24) is 5.32 Å². The molecule has 0 bridgehead atoms. The second-order valence-corrected chi connectivity index (χ2v) is 4.88. The normalized spacial score (nSPS) is 24.8. The Hall–Kier alpha value is -0.660. The van der Waals surface area contributed by atoms with Crippen molar-refractivity contribution in [2.45, 2.75) is 44.9 Å². The van der Waals surface area contributed by atoms with Crippen LogP contribution < -0.4 is 5.32 Å². The van der Waals surface area contributed by atoms with E-state index in [0.29, 0.717) is 11.8 Å². The average molecular weight is 207 g/mol. The summed E-state index contributed by atoms with van der Waals surface area (Å²) in [6.07, 6.45) is 8.77. The van der Waals surface area contributed by atoms with Crippen LogP contribution in [0.3, 0.4) is 0 Å². The first-order chi connectivity index (χ1) is 7.42. The Morgan fingerprint density at radius 3 is 2.13 bits per heavy atom. The van der Waals surface area contributed by atoms with Crippen LogP contribution in [0.4, 0.5) is 0 Å². The maximum absolute atomic E-state index is 9.20. The lowest BCUT2D eigenvalue weighted by atomic mass is 9.78. The second kappa shape index (κ2) is 5.43. The Kier molecular flexibility index (Phi) is 3.93. The van der Waals surface area contributed by atoms with Crippen molar-refractivity contribution < 1.29 is 4.79 Å². The van der Waals surface area contributed by atoms with E-state index in [1.807, 2.05) is 0 Å². The molecule has 2 aliphatic rings. The quantitative estimate of drug-likeness (QED) is 0.421. The van der Waals surface area contributed by atoms with E-state index >= 15 is 0 Å². The van der Waals surface area contributed by atoms with E-state index in [9.17, 15) is 5.53 Å². The Morgan fingerprint density at radius 2 is 1.53 bits per heavy atom. The molecule has 2 rings (SSSR count). The van der Waals surface area contributed by atoms with Crippen molar-refractivity contribution in [3.63, 3.8) is 0 Å². The molecule has 84 valence electrons. The zero-order valence-corrected chi connectivity index (χ0v) is 9.41. The molecular weight excluding hydrogens is 186 g/mol. The van der Waals surface area contributed by atoms with Gasteiger partial charge in [0.1, 0.15) is 0 Å². The van der Waals surface area contributed by atoms with Crippen LogP contribution in [0.1, 0.15) is 44.9 Å². The van der Waals surface area contributed by atoms with Crippen molar-refractivity contribution in [2.75, 3.05) is 13.1 Å². The number of hydrogen-bond donors (Lipinski definition) is 1. The van der Waals surface area contributed by atoms with Gasteiger partial charge in [0.15, 0.2) is 0 Å². The van der Waals surface area contributed by atoms with Crippen LogP contribution in [0.25, 0.3) is 5.53 Å². The lowest BCUT2D eigenvalue weighted by molar-refractivity contribution is -0.0242. The molecule has 0 aromatic carbocycles. The van der Waals surface area contributed by atoms with Gasteiger partial charge in [0.05, 0.1) is 11.8 Å². The highest BCUT2D eigenvalue weighted by Gasteiger charge is 2.33. The van der Waals surface area contributed by atoms with E-state index in [4.69, 9.17) is 0 Å². The van der Waals surface area contributed by atoms with Gasteiger partial charge in [-0.05, 0) is 38.8 Å². The van der Waals surface area contributed by atoms with E-state index in [2.05, 4.69) is 10.1 Å². The molecule has 0 aromatic heterocycles. The first-order valence-electron chi connectivity index (χ1n) is 6.34. The van der Waals surface area contributed by atoms with E-state index in [1.54, 1.807) is 0 Å². The van der Waals surface area contributed by atoms with Crippen molar-refractivity contribution in [3.8, 4) is 0 Å². The monoisotopic (exact) mass is 207 g/mol. The van der Waals surface area contributed by atoms with Gasteiger partial charge in [-0.3, -0.25) is 0 Å². The van der Waals surface area contributed by atoms with E-state index in [-0.39, 0.29) is 0 Å². The minimum absolute atomic E-state index is 0.541. The molecule has 1 N–H and O–H groups in total. The maximum atomic E-state index is 9.20. The first kappa shape index (κ1) is 10.8. The van der Waals surface area contributed by atoms with Crippen molar-refractivity contribution >= 4 is 5.71 Å². The molecule has 0 spiro atoms. The molecule has 0 unspecified atom stereocenters. The Labute approximate surface area is 91.9 Å². The summed E-state index contributed by atoms with van der Waals surface area (Å²) in [5, 5.41) is 3.36. The summed E-state index contributed by atoms with van der Waals surface area (Å²) >= 11 is 0. The van der Waals surface area contributed by atoms with Crippen LogP contribution >= 0.6 is 0 Å². The molecule has 3 nitrogen and oxygen atoms in total. The van der Waals surface area contributed by atoms with Crippen LogP contribution in [-0.4, -0.2) is 23.6 Å². The zero-order chi connectivity index (χ0) is 10.5. The predicted molar refractivity (Wildman–Crippen MR) is 60.8 cm³/mol. The minimum Gasteiger partial charge on any atom is -0.362 e. The fourth-order valence-electron chi connectivity index (χ4n) is 3.01. The molecule has 0 radical (unpaired) electrons. The number of hydrogen-bond acceptors (Lipinski definition) is 1. The largest absolute Gasteiger partial charge is 0.362 e. The van der Waals surface area contributed by atoms with E-state index < -0.39 is 0 Å². The van der Waals surface area contributed by atoms with Crippen LogP contribution in [0.15, 0.2) is 0 Å². The highest BCUT2D eigenvalue weighted by Crippen LogP contribution is 2.29. The maximum Gasteiger partial charge on any atom is 0.275 e. The van der Waals surface area contributed by atoms with Gasteiger partial charge < -0.3 is 10.8 Å². The fraction of sp³-hybridized carbons (Fsp3) is 0.917. The number of piperidine rings is 1. The summed E-state index contributed by atoms with van der Waals surface area (Å²) in [7, 11) is 0. The van der Waals surface area contributed by atoms with Gasteiger partial charge in [0, 0.05) is 0 Å². The SMILES string of the molecule is [N-]=[N+]=C(C1CCCCC1)C1CCNCC1. The van der Waals surface area contributed by atoms with Gasteiger partial charge >= 0.3 is 0 Å². The van der Waals surface area contributed by atoms with Crippen LogP contribution in [0.5, 0.6) is 0 Å². The molecule has 1 aliphatic heterocycles. The molecule has 0 amide bonds. The second-order valence-electron chi connectivity index (χ2n) is 4.88. The molecule has 2 fully saturated rings. The van der Waals surface area contributed by atoms with Crippen molar-refractivity contribution in [3.05, 3.63) is 5.53 Å². The summed E-state index contributed by atoms with van der Waals surface area (Å²) in [5.74, 6) is 1.12. The molecular formula is C12H21N3. The van der Waals surface area contributed by atoms with Gasteiger partial charge in [-0.25, -0.2) is 0 Å². The summed E-state index contributed by atoms with van der Waals surface area (Å²) < 4.78 is 0. The van der Waals surface area contributed by atoms with Gasteiger partial charge in [-0.1, -0.05) is 19.3 Å². The minimum atomic E-state index is 0.541. The number of nitrogens with one attached hydrogen (secondary N) is 1. The third-order valence-electron chi connectivity index (χ3n) is 3.90. The van der Waals surface area contributed by atoms with Crippen LogP contribution in [0, 0.1) is 11.8 Å². The molecule has 0 aromatic rings. The van der Waals surface area contributed by atoms with Crippen molar-refractivity contribution in [2.24, 2.45) is 11.8 Å². The summed E-state index contributed by atoms with van der Waals surface area (Å²) in [4.78, 5) is 3.62. The third kappa shape index (κ3) is 2.67. The van der Waals surface area contributed by atoms with Gasteiger partial charge in [-0.2, -0.15) is 4.79 Å².